The second-order valence-electron chi connectivity index (χ2n) is 7.48. The van der Waals surface area contributed by atoms with Gasteiger partial charge in [0.15, 0.2) is 16.4 Å². The maximum absolute atomic E-state index is 13.2. The Morgan fingerprint density at radius 1 is 1.03 bits per heavy atom. The molecule has 0 fully saturated rings. The van der Waals surface area contributed by atoms with E-state index >= 15 is 0 Å². The summed E-state index contributed by atoms with van der Waals surface area (Å²) in [5, 5.41) is 0.675. The number of carbonyl (C=O) groups is 1. The molecule has 0 saturated heterocycles. The molecular weight excluding hydrogens is 464 g/mol. The first-order chi connectivity index (χ1) is 16.1. The van der Waals surface area contributed by atoms with Crippen LogP contribution in [-0.2, 0) is 19.6 Å². The van der Waals surface area contributed by atoms with Crippen LogP contribution < -0.4 is 19.3 Å². The molecule has 0 aliphatic carbocycles. The number of hydrogen-bond acceptors (Lipinski definition) is 9. The van der Waals surface area contributed by atoms with Gasteiger partial charge in [-0.05, 0) is 47.4 Å². The van der Waals surface area contributed by atoms with Crippen molar-refractivity contribution < 1.29 is 36.0 Å². The number of ether oxygens (including phenoxy) is 3. The quantitative estimate of drug-likeness (QED) is 0.201. The number of benzene rings is 2. The van der Waals surface area contributed by atoms with Gasteiger partial charge in [0.05, 0.1) is 21.3 Å². The van der Waals surface area contributed by atoms with Crippen LogP contribution in [0.5, 0.6) is 17.2 Å². The van der Waals surface area contributed by atoms with Crippen LogP contribution in [0.25, 0.3) is 17.0 Å². The molecule has 180 valence electrons. The fraction of sp³-hybridized carbons (Fsp3) is 0.250. The molecule has 1 heterocycles. The van der Waals surface area contributed by atoms with Crippen LogP contribution in [0, 0.1) is 0 Å². The lowest BCUT2D eigenvalue weighted by molar-refractivity contribution is -0.134. The molecular formula is C24H24O9S. The van der Waals surface area contributed by atoms with Gasteiger partial charge >= 0.3 is 21.7 Å². The van der Waals surface area contributed by atoms with Gasteiger partial charge < -0.3 is 22.8 Å². The maximum atomic E-state index is 13.2. The zero-order valence-electron chi connectivity index (χ0n) is 19.3. The normalized spacial score (nSPS) is 11.7. The van der Waals surface area contributed by atoms with Gasteiger partial charge in [-0.25, -0.2) is 9.59 Å². The molecule has 0 saturated carbocycles. The van der Waals surface area contributed by atoms with Crippen molar-refractivity contribution in [2.45, 2.75) is 24.7 Å². The van der Waals surface area contributed by atoms with Crippen molar-refractivity contribution in [3.8, 4) is 17.2 Å². The van der Waals surface area contributed by atoms with E-state index in [0.29, 0.717) is 10.9 Å². The van der Waals surface area contributed by atoms with Crippen molar-refractivity contribution in [2.24, 2.45) is 0 Å². The summed E-state index contributed by atoms with van der Waals surface area (Å²) in [7, 11) is -0.574. The standard InChI is InChI=1S/C24H24O9S/c1-14(2)18-13-23(26)32-19-12-16(7-8-17(18)19)33-34(27,28)21-11-15(6-9-22(25)30-4)10-20(29-3)24(21)31-5/h6-14H,1-5H3/b9-6+. The summed E-state index contributed by atoms with van der Waals surface area (Å²) >= 11 is 0. The van der Waals surface area contributed by atoms with Gasteiger partial charge in [-0.1, -0.05) is 13.8 Å². The van der Waals surface area contributed by atoms with E-state index in [1.165, 1.54) is 57.7 Å². The number of esters is 1. The summed E-state index contributed by atoms with van der Waals surface area (Å²) in [6.07, 6.45) is 2.50. The molecule has 2 aromatic carbocycles. The topological polar surface area (TPSA) is 118 Å². The van der Waals surface area contributed by atoms with Crippen molar-refractivity contribution in [2.75, 3.05) is 21.3 Å². The van der Waals surface area contributed by atoms with E-state index in [-0.39, 0.29) is 33.6 Å². The third-order valence-corrected chi connectivity index (χ3v) is 6.18. The van der Waals surface area contributed by atoms with Gasteiger partial charge in [-0.15, -0.1) is 0 Å². The van der Waals surface area contributed by atoms with Gasteiger partial charge in [0.2, 0.25) is 0 Å². The first-order valence-corrected chi connectivity index (χ1v) is 11.5. The SMILES string of the molecule is COC(=O)/C=C/c1cc(OC)c(OC)c(S(=O)(=O)Oc2ccc3c(C(C)C)cc(=O)oc3c2)c1. The van der Waals surface area contributed by atoms with Crippen molar-refractivity contribution in [1.29, 1.82) is 0 Å². The predicted octanol–water partition coefficient (Wildman–Crippen LogP) is 3.89. The molecule has 10 heteroatoms. The molecule has 0 spiro atoms. The second kappa shape index (κ2) is 10.0. The van der Waals surface area contributed by atoms with Gasteiger partial charge in [0.1, 0.15) is 11.3 Å². The highest BCUT2D eigenvalue weighted by molar-refractivity contribution is 7.87. The number of carbonyl (C=O) groups excluding carboxylic acids is 1. The summed E-state index contributed by atoms with van der Waals surface area (Å²) in [5.41, 5.74) is 0.754. The van der Waals surface area contributed by atoms with Crippen LogP contribution in [0.15, 0.2) is 56.6 Å². The largest absolute Gasteiger partial charge is 0.493 e. The first kappa shape index (κ1) is 24.8. The van der Waals surface area contributed by atoms with Crippen LogP contribution in [0.3, 0.4) is 0 Å². The summed E-state index contributed by atoms with van der Waals surface area (Å²) in [5.74, 6) is -0.587. The maximum Gasteiger partial charge on any atom is 0.343 e. The predicted molar refractivity (Wildman–Crippen MR) is 125 cm³/mol. The Bertz CT molecular complexity index is 1420. The molecule has 1 aromatic heterocycles. The molecule has 0 N–H and O–H groups in total. The molecule has 0 radical (unpaired) electrons. The lowest BCUT2D eigenvalue weighted by Crippen LogP contribution is -2.12. The van der Waals surface area contributed by atoms with Crippen LogP contribution >= 0.6 is 0 Å². The number of fused-ring (bicyclic) bond motifs is 1. The Kier molecular flexibility index (Phi) is 7.31. The molecule has 34 heavy (non-hydrogen) atoms. The summed E-state index contributed by atoms with van der Waals surface area (Å²) in [6.45, 7) is 3.87. The minimum Gasteiger partial charge on any atom is -0.493 e. The van der Waals surface area contributed by atoms with Crippen LogP contribution in [-0.4, -0.2) is 35.7 Å². The Balaban J connectivity index is 2.09. The molecule has 0 bridgehead atoms. The Labute approximate surface area is 196 Å². The monoisotopic (exact) mass is 488 g/mol. The lowest BCUT2D eigenvalue weighted by Gasteiger charge is -2.15. The zero-order valence-corrected chi connectivity index (χ0v) is 20.1. The molecule has 0 aliphatic rings. The second-order valence-corrected chi connectivity index (χ2v) is 9.00. The fourth-order valence-corrected chi connectivity index (χ4v) is 4.47. The van der Waals surface area contributed by atoms with Crippen LogP contribution in [0.1, 0.15) is 30.9 Å². The van der Waals surface area contributed by atoms with Gasteiger partial charge in [-0.2, -0.15) is 8.42 Å². The minimum atomic E-state index is -4.44. The van der Waals surface area contributed by atoms with Crippen molar-refractivity contribution >= 4 is 33.1 Å². The number of methoxy groups -OCH3 is 3. The fourth-order valence-electron chi connectivity index (χ4n) is 3.33. The zero-order chi connectivity index (χ0) is 25.0. The van der Waals surface area contributed by atoms with Gasteiger partial charge in [0, 0.05) is 23.6 Å². The summed E-state index contributed by atoms with van der Waals surface area (Å²) < 4.78 is 52.1. The van der Waals surface area contributed by atoms with E-state index in [0.717, 1.165) is 11.6 Å². The Hall–Kier alpha value is -3.79. The third kappa shape index (κ3) is 5.23. The highest BCUT2D eigenvalue weighted by Gasteiger charge is 2.26. The van der Waals surface area contributed by atoms with E-state index in [1.807, 2.05) is 13.8 Å². The summed E-state index contributed by atoms with van der Waals surface area (Å²) in [4.78, 5) is 23.1. The van der Waals surface area contributed by atoms with E-state index in [9.17, 15) is 18.0 Å². The third-order valence-electron chi connectivity index (χ3n) is 4.93. The molecule has 3 rings (SSSR count). The van der Waals surface area contributed by atoms with E-state index in [2.05, 4.69) is 4.74 Å². The van der Waals surface area contributed by atoms with Crippen molar-refractivity contribution in [3.05, 3.63) is 64.0 Å². The molecule has 0 aliphatic heterocycles. The van der Waals surface area contributed by atoms with Gasteiger partial charge in [0.25, 0.3) is 0 Å². The summed E-state index contributed by atoms with van der Waals surface area (Å²) in [6, 6.07) is 8.62. The van der Waals surface area contributed by atoms with E-state index in [1.54, 1.807) is 6.07 Å². The van der Waals surface area contributed by atoms with E-state index in [4.69, 9.17) is 18.1 Å². The highest BCUT2D eigenvalue weighted by Crippen LogP contribution is 2.38. The van der Waals surface area contributed by atoms with Crippen molar-refractivity contribution in [3.63, 3.8) is 0 Å². The lowest BCUT2D eigenvalue weighted by atomic mass is 10.00. The Morgan fingerprint density at radius 3 is 2.38 bits per heavy atom. The van der Waals surface area contributed by atoms with Gasteiger partial charge in [-0.3, -0.25) is 0 Å². The minimum absolute atomic E-state index is 0.0552. The van der Waals surface area contributed by atoms with Crippen LogP contribution in [0.4, 0.5) is 0 Å². The Morgan fingerprint density at radius 2 is 1.76 bits per heavy atom. The number of rotatable bonds is 8. The average molecular weight is 489 g/mol. The molecule has 0 unspecified atom stereocenters. The smallest absolute Gasteiger partial charge is 0.343 e. The van der Waals surface area contributed by atoms with Crippen molar-refractivity contribution in [1.82, 2.24) is 0 Å². The molecule has 0 atom stereocenters. The van der Waals surface area contributed by atoms with E-state index < -0.39 is 21.7 Å². The number of hydrogen-bond donors (Lipinski definition) is 0. The molecule has 3 aromatic rings. The molecule has 0 amide bonds. The molecule has 9 nitrogen and oxygen atoms in total. The first-order valence-electron chi connectivity index (χ1n) is 10.1. The highest BCUT2D eigenvalue weighted by atomic mass is 32.2. The average Bonchev–Trinajstić information content (AvgIpc) is 2.80. The van der Waals surface area contributed by atoms with Crippen LogP contribution in [0.2, 0.25) is 0 Å².